The Bertz CT molecular complexity index is 974. The van der Waals surface area contributed by atoms with E-state index in [9.17, 15) is 4.79 Å². The van der Waals surface area contributed by atoms with Gasteiger partial charge in [0.1, 0.15) is 5.04 Å². The Morgan fingerprint density at radius 2 is 2.10 bits per heavy atom. The smallest absolute Gasteiger partial charge is 0.248 e. The molecule has 2 N–H and O–H groups in total. The molecule has 1 aromatic heterocycles. The summed E-state index contributed by atoms with van der Waals surface area (Å²) in [6.45, 7) is 9.07. The molecule has 1 aliphatic heterocycles. The van der Waals surface area contributed by atoms with Crippen LogP contribution in [0.5, 0.6) is 0 Å². The van der Waals surface area contributed by atoms with Gasteiger partial charge in [-0.3, -0.25) is 9.69 Å². The van der Waals surface area contributed by atoms with Gasteiger partial charge in [0.2, 0.25) is 5.56 Å². The molecular weight excluding hydrogens is 406 g/mol. The molecule has 1 aliphatic rings. The van der Waals surface area contributed by atoms with E-state index >= 15 is 0 Å². The zero-order valence-corrected chi connectivity index (χ0v) is 19.4. The fourth-order valence-electron chi connectivity index (χ4n) is 3.92. The van der Waals surface area contributed by atoms with Gasteiger partial charge in [-0.05, 0) is 63.3 Å². The second-order valence-corrected chi connectivity index (χ2v) is 8.95. The van der Waals surface area contributed by atoms with Crippen molar-refractivity contribution in [1.29, 1.82) is 0 Å². The molecule has 166 valence electrons. The van der Waals surface area contributed by atoms with Gasteiger partial charge in [0, 0.05) is 35.8 Å². The Balaban J connectivity index is 1.63. The van der Waals surface area contributed by atoms with Gasteiger partial charge in [0.15, 0.2) is 0 Å². The monoisotopic (exact) mass is 439 g/mol. The van der Waals surface area contributed by atoms with Gasteiger partial charge < -0.3 is 9.88 Å². The molecule has 1 fully saturated rings. The molecule has 31 heavy (non-hydrogen) atoms. The molecule has 1 aromatic carbocycles. The summed E-state index contributed by atoms with van der Waals surface area (Å²) in [5.41, 5.74) is 4.25. The Morgan fingerprint density at radius 1 is 1.32 bits per heavy atom. The van der Waals surface area contributed by atoms with Crippen LogP contribution in [0.1, 0.15) is 45.1 Å². The number of fused-ring (bicyclic) bond motifs is 1. The third-order valence-corrected chi connectivity index (χ3v) is 7.00. The third-order valence-electron chi connectivity index (χ3n) is 5.90. The van der Waals surface area contributed by atoms with Crippen molar-refractivity contribution < 1.29 is 0 Å². The molecule has 1 unspecified atom stereocenters. The quantitative estimate of drug-likeness (QED) is 0.156. The van der Waals surface area contributed by atoms with Gasteiger partial charge in [0.05, 0.1) is 5.88 Å². The van der Waals surface area contributed by atoms with Crippen molar-refractivity contribution in [3.8, 4) is 12.5 Å². The Kier molecular flexibility index (Phi) is 9.01. The number of pyridine rings is 1. The molecule has 7 heteroatoms. The third kappa shape index (κ3) is 6.86. The largest absolute Gasteiger partial charge is 0.322 e. The molecule has 1 atom stereocenters. The highest BCUT2D eigenvalue weighted by molar-refractivity contribution is 8.14. The van der Waals surface area contributed by atoms with E-state index in [1.54, 1.807) is 11.8 Å². The van der Waals surface area contributed by atoms with Crippen molar-refractivity contribution in [2.75, 3.05) is 32.1 Å². The van der Waals surface area contributed by atoms with Gasteiger partial charge in [-0.25, -0.2) is 5.43 Å². The van der Waals surface area contributed by atoms with Gasteiger partial charge in [-0.1, -0.05) is 43.7 Å². The maximum absolute atomic E-state index is 11.7. The van der Waals surface area contributed by atoms with Crippen LogP contribution in [0.2, 0.25) is 0 Å². The number of piperidine rings is 1. The van der Waals surface area contributed by atoms with Gasteiger partial charge >= 0.3 is 0 Å². The summed E-state index contributed by atoms with van der Waals surface area (Å²) in [7, 11) is 0. The maximum Gasteiger partial charge on any atom is 0.248 e. The van der Waals surface area contributed by atoms with E-state index in [4.69, 9.17) is 6.42 Å². The predicted molar refractivity (Wildman–Crippen MR) is 132 cm³/mol. The number of nitrogens with one attached hydrogen (secondary N) is 2. The minimum atomic E-state index is -0.113. The number of rotatable bonds is 9. The first kappa shape index (κ1) is 23.4. The van der Waals surface area contributed by atoms with E-state index in [0.717, 1.165) is 40.5 Å². The SMILES string of the molecule is C#CN/N=C(\SCN(CC)CCC(C)N1CCCCC1)c1ccc2ccc(=O)[nH]c2c1. The van der Waals surface area contributed by atoms with Crippen LogP contribution in [-0.4, -0.2) is 57.9 Å². The number of nitrogens with zero attached hydrogens (tertiary/aromatic N) is 3. The number of benzene rings is 1. The Labute approximate surface area is 189 Å². The Morgan fingerprint density at radius 3 is 2.84 bits per heavy atom. The lowest BCUT2D eigenvalue weighted by atomic mass is 10.1. The number of aromatic nitrogens is 1. The summed E-state index contributed by atoms with van der Waals surface area (Å²) < 4.78 is 0. The predicted octanol–water partition coefficient (Wildman–Crippen LogP) is 3.65. The molecular formula is C24H33N5OS. The number of aromatic amines is 1. The summed E-state index contributed by atoms with van der Waals surface area (Å²) in [4.78, 5) is 19.7. The second kappa shape index (κ2) is 11.9. The number of likely N-dealkylation sites (tertiary alicyclic amines) is 1. The lowest BCUT2D eigenvalue weighted by Crippen LogP contribution is -2.39. The van der Waals surface area contributed by atoms with Crippen molar-refractivity contribution in [2.24, 2.45) is 5.10 Å². The van der Waals surface area contributed by atoms with Crippen LogP contribution >= 0.6 is 11.8 Å². The molecule has 1 saturated heterocycles. The fourth-order valence-corrected chi connectivity index (χ4v) is 4.94. The van der Waals surface area contributed by atoms with Crippen LogP contribution in [0.25, 0.3) is 10.9 Å². The molecule has 0 saturated carbocycles. The van der Waals surface area contributed by atoms with Crippen LogP contribution in [0.15, 0.2) is 40.2 Å². The number of hydrogen-bond donors (Lipinski definition) is 2. The highest BCUT2D eigenvalue weighted by Gasteiger charge is 2.17. The van der Waals surface area contributed by atoms with Crippen LogP contribution < -0.4 is 11.0 Å². The molecule has 0 amide bonds. The second-order valence-electron chi connectivity index (χ2n) is 8.02. The zero-order chi connectivity index (χ0) is 22.1. The number of thioether (sulfide) groups is 1. The lowest BCUT2D eigenvalue weighted by Gasteiger charge is -2.33. The van der Waals surface area contributed by atoms with Crippen molar-refractivity contribution in [2.45, 2.75) is 45.6 Å². The van der Waals surface area contributed by atoms with Crippen LogP contribution in [0.3, 0.4) is 0 Å². The van der Waals surface area contributed by atoms with Crippen molar-refractivity contribution >= 4 is 27.7 Å². The lowest BCUT2D eigenvalue weighted by molar-refractivity contribution is 0.154. The van der Waals surface area contributed by atoms with Gasteiger partial charge in [-0.2, -0.15) is 5.10 Å². The van der Waals surface area contributed by atoms with Crippen molar-refractivity contribution in [1.82, 2.24) is 20.2 Å². The van der Waals surface area contributed by atoms with Crippen molar-refractivity contribution in [3.63, 3.8) is 0 Å². The molecule has 0 aliphatic carbocycles. The van der Waals surface area contributed by atoms with E-state index < -0.39 is 0 Å². The summed E-state index contributed by atoms with van der Waals surface area (Å²) in [5, 5.41) is 6.18. The van der Waals surface area contributed by atoms with Crippen LogP contribution in [0.4, 0.5) is 0 Å². The van der Waals surface area contributed by atoms with Crippen molar-refractivity contribution in [3.05, 3.63) is 46.2 Å². The normalized spacial score (nSPS) is 16.4. The van der Waals surface area contributed by atoms with Crippen LogP contribution in [0, 0.1) is 12.5 Å². The molecule has 3 rings (SSSR count). The van der Waals surface area contributed by atoms with E-state index in [-0.39, 0.29) is 5.56 Å². The molecule has 0 radical (unpaired) electrons. The maximum atomic E-state index is 11.7. The van der Waals surface area contributed by atoms with E-state index in [1.165, 1.54) is 44.8 Å². The molecule has 0 spiro atoms. The highest BCUT2D eigenvalue weighted by atomic mass is 32.2. The first-order valence-corrected chi connectivity index (χ1v) is 12.1. The average molecular weight is 440 g/mol. The number of terminal acetylenes is 1. The van der Waals surface area contributed by atoms with E-state index in [1.807, 2.05) is 24.3 Å². The van der Waals surface area contributed by atoms with Gasteiger partial charge in [-0.15, -0.1) is 0 Å². The van der Waals surface area contributed by atoms with E-state index in [0.29, 0.717) is 6.04 Å². The standard InChI is InChI=1S/C24H33N5OS/c1-4-25-27-24(21-10-9-20-11-12-23(30)26-22(20)17-21)31-18-28(5-2)16-13-19(3)29-14-7-6-8-15-29/h1,9-12,17,19,25H,5-8,13-16,18H2,2-3H3,(H,26,30)/b27-24-. The topological polar surface area (TPSA) is 63.7 Å². The molecule has 2 aromatic rings. The highest BCUT2D eigenvalue weighted by Crippen LogP contribution is 2.20. The average Bonchev–Trinajstić information content (AvgIpc) is 2.80. The minimum Gasteiger partial charge on any atom is -0.322 e. The van der Waals surface area contributed by atoms with E-state index in [2.05, 4.69) is 45.2 Å². The number of hydrazone groups is 1. The fraction of sp³-hybridized carbons (Fsp3) is 0.500. The molecule has 0 bridgehead atoms. The first-order chi connectivity index (χ1) is 15.1. The van der Waals surface area contributed by atoms with Crippen LogP contribution in [-0.2, 0) is 0 Å². The summed E-state index contributed by atoms with van der Waals surface area (Å²) in [6.07, 6.45) is 10.6. The first-order valence-electron chi connectivity index (χ1n) is 11.1. The zero-order valence-electron chi connectivity index (χ0n) is 18.6. The van der Waals surface area contributed by atoms with Gasteiger partial charge in [0.25, 0.3) is 0 Å². The summed E-state index contributed by atoms with van der Waals surface area (Å²) in [5.74, 6) is 0.831. The number of hydrogen-bond acceptors (Lipinski definition) is 6. The minimum absolute atomic E-state index is 0.113. The summed E-state index contributed by atoms with van der Waals surface area (Å²) in [6, 6.07) is 12.3. The summed E-state index contributed by atoms with van der Waals surface area (Å²) >= 11 is 1.66. The number of H-pyrrole nitrogens is 1. The molecule has 2 heterocycles. The Hall–Kier alpha value is -2.27. The molecule has 6 nitrogen and oxygen atoms in total.